The number of aliphatic carboxylic acids is 1. The van der Waals surface area contributed by atoms with Crippen molar-refractivity contribution < 1.29 is 27.9 Å². The average molecular weight is 562 g/mol. The Kier molecular flexibility index (Phi) is 7.37. The van der Waals surface area contributed by atoms with Gasteiger partial charge in [-0.3, -0.25) is 9.59 Å². The van der Waals surface area contributed by atoms with E-state index in [1.165, 1.54) is 6.07 Å². The van der Waals surface area contributed by atoms with Crippen LogP contribution in [-0.4, -0.2) is 62.1 Å². The molecule has 0 spiro atoms. The van der Waals surface area contributed by atoms with Crippen LogP contribution in [0.5, 0.6) is 5.75 Å². The summed E-state index contributed by atoms with van der Waals surface area (Å²) < 4.78 is 33.6. The Hall–Kier alpha value is -4.55. The largest absolute Gasteiger partial charge is 0.493 e. The van der Waals surface area contributed by atoms with E-state index < -0.39 is 22.5 Å². The van der Waals surface area contributed by atoms with Gasteiger partial charge < -0.3 is 19.6 Å². The number of sulfonamides is 1. The quantitative estimate of drug-likeness (QED) is 0.315. The smallest absolute Gasteiger partial charge is 0.318 e. The minimum absolute atomic E-state index is 0.0368. The van der Waals surface area contributed by atoms with Gasteiger partial charge in [0.15, 0.2) is 5.82 Å². The Balaban J connectivity index is 1.38. The fourth-order valence-corrected chi connectivity index (χ4v) is 5.88. The molecule has 1 aliphatic rings. The Labute approximate surface area is 231 Å². The van der Waals surface area contributed by atoms with Crippen LogP contribution in [0.2, 0.25) is 0 Å². The van der Waals surface area contributed by atoms with Crippen molar-refractivity contribution in [2.24, 2.45) is 0 Å². The molecular formula is C28H27N5O6S. The predicted molar refractivity (Wildman–Crippen MR) is 150 cm³/mol. The van der Waals surface area contributed by atoms with E-state index in [1.807, 2.05) is 24.0 Å². The summed E-state index contributed by atoms with van der Waals surface area (Å²) in [6.07, 6.45) is 3.85. The summed E-state index contributed by atoms with van der Waals surface area (Å²) in [7, 11) is -2.33. The van der Waals surface area contributed by atoms with Crippen molar-refractivity contribution in [3.63, 3.8) is 0 Å². The van der Waals surface area contributed by atoms with Gasteiger partial charge in [-0.05, 0) is 42.8 Å². The topological polar surface area (TPSA) is 142 Å². The summed E-state index contributed by atoms with van der Waals surface area (Å²) in [6.45, 7) is 2.08. The number of nitrogens with one attached hydrogen (secondary N) is 1. The molecule has 0 saturated heterocycles. The molecule has 4 aromatic rings. The molecule has 1 aliphatic heterocycles. The van der Waals surface area contributed by atoms with Gasteiger partial charge in [0.05, 0.1) is 22.8 Å². The molecule has 0 atom stereocenters. The molecule has 0 unspecified atom stereocenters. The number of carboxylic acids is 1. The van der Waals surface area contributed by atoms with Gasteiger partial charge in [-0.1, -0.05) is 24.3 Å². The fraction of sp³-hybridized carbons (Fsp3) is 0.214. The minimum Gasteiger partial charge on any atom is -0.493 e. The maximum Gasteiger partial charge on any atom is 0.318 e. The third-order valence-corrected chi connectivity index (χ3v) is 8.07. The lowest BCUT2D eigenvalue weighted by Gasteiger charge is -2.22. The molecule has 0 radical (unpaired) electrons. The van der Waals surface area contributed by atoms with Gasteiger partial charge in [0.1, 0.15) is 18.1 Å². The third-order valence-electron chi connectivity index (χ3n) is 6.61. The SMILES string of the molecule is CCN1c2ncc(CCOc3cccc4c(S(=O)(=O)NCC(=O)O)cccc34)cc2C(=O)N(C)c2cccnc21. The molecule has 40 heavy (non-hydrogen) atoms. The van der Waals surface area contributed by atoms with Crippen molar-refractivity contribution in [1.82, 2.24) is 14.7 Å². The van der Waals surface area contributed by atoms with Crippen LogP contribution in [0.25, 0.3) is 10.8 Å². The molecule has 11 nitrogen and oxygen atoms in total. The van der Waals surface area contributed by atoms with Crippen LogP contribution in [0.15, 0.2) is 71.9 Å². The van der Waals surface area contributed by atoms with Gasteiger partial charge in [0.25, 0.3) is 5.91 Å². The van der Waals surface area contributed by atoms with Gasteiger partial charge in [-0.15, -0.1) is 0 Å². The number of aromatic nitrogens is 2. The van der Waals surface area contributed by atoms with E-state index in [2.05, 4.69) is 14.7 Å². The Morgan fingerprint density at radius 2 is 1.82 bits per heavy atom. The predicted octanol–water partition coefficient (Wildman–Crippen LogP) is 3.36. The summed E-state index contributed by atoms with van der Waals surface area (Å²) in [6, 6.07) is 15.3. The first kappa shape index (κ1) is 27.0. The number of hydrogen-bond acceptors (Lipinski definition) is 8. The number of amides is 1. The van der Waals surface area contributed by atoms with Crippen LogP contribution in [0.4, 0.5) is 17.3 Å². The minimum atomic E-state index is -4.05. The zero-order valence-electron chi connectivity index (χ0n) is 21.9. The first-order valence-corrected chi connectivity index (χ1v) is 14.0. The van der Waals surface area contributed by atoms with E-state index >= 15 is 0 Å². The Morgan fingerprint density at radius 3 is 2.60 bits per heavy atom. The van der Waals surface area contributed by atoms with Crippen LogP contribution < -0.4 is 19.3 Å². The van der Waals surface area contributed by atoms with Crippen molar-refractivity contribution >= 4 is 50.0 Å². The zero-order valence-corrected chi connectivity index (χ0v) is 22.7. The second-order valence-electron chi connectivity index (χ2n) is 9.09. The van der Waals surface area contributed by atoms with Gasteiger partial charge in [-0.2, -0.15) is 4.72 Å². The number of carbonyl (C=O) groups is 2. The molecule has 0 aliphatic carbocycles. The van der Waals surface area contributed by atoms with Gasteiger partial charge in [0.2, 0.25) is 10.0 Å². The van der Waals surface area contributed by atoms with E-state index in [1.54, 1.807) is 60.7 Å². The lowest BCUT2D eigenvalue weighted by Crippen LogP contribution is -2.29. The van der Waals surface area contributed by atoms with Crippen molar-refractivity contribution in [2.75, 3.05) is 36.5 Å². The van der Waals surface area contributed by atoms with Gasteiger partial charge in [0, 0.05) is 43.2 Å². The van der Waals surface area contributed by atoms with E-state index in [4.69, 9.17) is 9.84 Å². The highest BCUT2D eigenvalue weighted by Crippen LogP contribution is 2.37. The Bertz CT molecular complexity index is 1730. The van der Waals surface area contributed by atoms with Crippen LogP contribution in [-0.2, 0) is 21.2 Å². The van der Waals surface area contributed by atoms with Crippen molar-refractivity contribution in [3.8, 4) is 5.75 Å². The molecule has 2 aromatic heterocycles. The number of benzene rings is 2. The zero-order chi connectivity index (χ0) is 28.4. The lowest BCUT2D eigenvalue weighted by atomic mass is 10.1. The van der Waals surface area contributed by atoms with Crippen molar-refractivity contribution in [2.45, 2.75) is 18.2 Å². The molecule has 5 rings (SSSR count). The highest BCUT2D eigenvalue weighted by Gasteiger charge is 2.30. The second kappa shape index (κ2) is 10.9. The van der Waals surface area contributed by atoms with Crippen LogP contribution in [0.1, 0.15) is 22.8 Å². The maximum absolute atomic E-state index is 13.4. The standard InChI is InChI=1S/C28H27N5O6S/c1-3-33-26-21(28(36)32(2)22-9-6-13-29-27(22)33)15-18(16-30-26)12-14-39-23-10-4-8-20-19(23)7-5-11-24(20)40(37,38)31-17-25(34)35/h4-11,13,15-16,31H,3,12,14,17H2,1-2H3,(H,34,35). The number of anilines is 3. The Morgan fingerprint density at radius 1 is 1.05 bits per heavy atom. The van der Waals surface area contributed by atoms with Crippen molar-refractivity contribution in [1.29, 1.82) is 0 Å². The van der Waals surface area contributed by atoms with Crippen LogP contribution in [0.3, 0.4) is 0 Å². The molecule has 2 N–H and O–H groups in total. The molecule has 12 heteroatoms. The second-order valence-corrected chi connectivity index (χ2v) is 10.8. The molecule has 0 bridgehead atoms. The van der Waals surface area contributed by atoms with E-state index in [0.717, 1.165) is 5.56 Å². The highest BCUT2D eigenvalue weighted by molar-refractivity contribution is 7.89. The number of nitrogens with zero attached hydrogens (tertiary/aromatic N) is 4. The molecule has 0 saturated carbocycles. The number of hydrogen-bond donors (Lipinski definition) is 2. The lowest BCUT2D eigenvalue weighted by molar-refractivity contribution is -0.135. The summed E-state index contributed by atoms with van der Waals surface area (Å²) in [4.78, 5) is 36.8. The number of carbonyl (C=O) groups excluding carboxylic acids is 1. The molecule has 206 valence electrons. The van der Waals surface area contributed by atoms with E-state index in [0.29, 0.717) is 52.4 Å². The van der Waals surface area contributed by atoms with E-state index in [9.17, 15) is 18.0 Å². The van der Waals surface area contributed by atoms with Crippen molar-refractivity contribution in [3.05, 3.63) is 78.1 Å². The average Bonchev–Trinajstić information content (AvgIpc) is 3.04. The molecular weight excluding hydrogens is 534 g/mol. The summed E-state index contributed by atoms with van der Waals surface area (Å²) in [5.41, 5.74) is 1.97. The maximum atomic E-state index is 13.4. The number of ether oxygens (including phenoxy) is 1. The number of carboxylic acid groups (broad SMARTS) is 1. The first-order valence-electron chi connectivity index (χ1n) is 12.6. The highest BCUT2D eigenvalue weighted by atomic mass is 32.2. The number of pyridine rings is 2. The van der Waals surface area contributed by atoms with Crippen LogP contribution in [0, 0.1) is 0 Å². The molecule has 2 aromatic carbocycles. The monoisotopic (exact) mass is 561 g/mol. The molecule has 3 heterocycles. The van der Waals surface area contributed by atoms with Gasteiger partial charge >= 0.3 is 5.97 Å². The van der Waals surface area contributed by atoms with Gasteiger partial charge in [-0.25, -0.2) is 18.4 Å². The van der Waals surface area contributed by atoms with Crippen LogP contribution >= 0.6 is 0 Å². The summed E-state index contributed by atoms with van der Waals surface area (Å²) in [5.74, 6) is 0.219. The molecule has 0 fully saturated rings. The third kappa shape index (κ3) is 5.06. The number of fused-ring (bicyclic) bond motifs is 3. The normalized spacial score (nSPS) is 13.1. The number of rotatable bonds is 9. The fourth-order valence-electron chi connectivity index (χ4n) is 4.68. The first-order chi connectivity index (χ1) is 19.2. The summed E-state index contributed by atoms with van der Waals surface area (Å²) in [5, 5.41) is 9.85. The summed E-state index contributed by atoms with van der Waals surface area (Å²) >= 11 is 0. The van der Waals surface area contributed by atoms with E-state index in [-0.39, 0.29) is 17.4 Å². The molecule has 1 amide bonds.